The molecule has 2 heterocycles. The van der Waals surface area contributed by atoms with E-state index >= 15 is 0 Å². The predicted octanol–water partition coefficient (Wildman–Crippen LogP) is 3.45. The lowest BCUT2D eigenvalue weighted by Crippen LogP contribution is -1.95. The van der Waals surface area contributed by atoms with Gasteiger partial charge in [-0.3, -0.25) is 0 Å². The first-order valence-corrected chi connectivity index (χ1v) is 6.45. The van der Waals surface area contributed by atoms with Gasteiger partial charge in [-0.2, -0.15) is 0 Å². The number of hydrogen-bond donors (Lipinski definition) is 0. The minimum Gasteiger partial charge on any atom is -0.149 e. The van der Waals surface area contributed by atoms with E-state index in [-0.39, 0.29) is 0 Å². The van der Waals surface area contributed by atoms with E-state index in [0.717, 1.165) is 17.9 Å². The van der Waals surface area contributed by atoms with Gasteiger partial charge >= 0.3 is 0 Å². The Kier molecular flexibility index (Phi) is 2.58. The maximum absolute atomic E-state index is 5.88. The number of benzene rings is 1. The fourth-order valence-electron chi connectivity index (χ4n) is 1.88. The molecule has 0 radical (unpaired) electrons. The van der Waals surface area contributed by atoms with Crippen LogP contribution in [-0.4, -0.2) is 16.0 Å². The molecule has 0 aliphatic carbocycles. The molecular weight excluding hydrogens is 240 g/mol. The van der Waals surface area contributed by atoms with Crippen LogP contribution in [0, 0.1) is 0 Å². The van der Waals surface area contributed by atoms with Crippen molar-refractivity contribution in [1.29, 1.82) is 0 Å². The highest BCUT2D eigenvalue weighted by molar-refractivity contribution is 7.99. The van der Waals surface area contributed by atoms with Gasteiger partial charge in [-0.15, -0.1) is 22.0 Å². The summed E-state index contributed by atoms with van der Waals surface area (Å²) in [6.45, 7) is 0. The van der Waals surface area contributed by atoms with E-state index in [2.05, 4.69) is 28.4 Å². The molecule has 0 spiro atoms. The van der Waals surface area contributed by atoms with E-state index in [1.807, 2.05) is 23.9 Å². The molecule has 0 fully saturated rings. The second-order valence-electron chi connectivity index (χ2n) is 3.64. The number of halogens is 1. The number of aryl methyl sites for hydroxylation is 1. The zero-order valence-electron chi connectivity index (χ0n) is 8.48. The highest BCUT2D eigenvalue weighted by atomic mass is 35.5. The summed E-state index contributed by atoms with van der Waals surface area (Å²) in [5.41, 5.74) is 3.34. The van der Waals surface area contributed by atoms with Gasteiger partial charge in [0.05, 0.1) is 5.69 Å². The van der Waals surface area contributed by atoms with E-state index in [1.165, 1.54) is 16.0 Å². The predicted molar refractivity (Wildman–Crippen MR) is 66.9 cm³/mol. The SMILES string of the molecule is Clc1cc2c(nn1)-c1ccccc1SCC2. The van der Waals surface area contributed by atoms with Gasteiger partial charge in [-0.1, -0.05) is 29.8 Å². The van der Waals surface area contributed by atoms with Gasteiger partial charge in [0.1, 0.15) is 0 Å². The molecule has 1 aliphatic rings. The van der Waals surface area contributed by atoms with Gasteiger partial charge in [0.15, 0.2) is 5.15 Å². The van der Waals surface area contributed by atoms with E-state index in [9.17, 15) is 0 Å². The Morgan fingerprint density at radius 2 is 2.06 bits per heavy atom. The molecule has 0 atom stereocenters. The number of hydrogen-bond acceptors (Lipinski definition) is 3. The maximum Gasteiger partial charge on any atom is 0.152 e. The normalized spacial score (nSPS) is 13.8. The quantitative estimate of drug-likeness (QED) is 0.714. The van der Waals surface area contributed by atoms with E-state index in [0.29, 0.717) is 5.15 Å². The summed E-state index contributed by atoms with van der Waals surface area (Å²) in [7, 11) is 0. The van der Waals surface area contributed by atoms with Crippen molar-refractivity contribution in [3.63, 3.8) is 0 Å². The molecule has 2 aromatic rings. The van der Waals surface area contributed by atoms with Crippen molar-refractivity contribution in [3.05, 3.63) is 41.0 Å². The van der Waals surface area contributed by atoms with Gasteiger partial charge in [0.2, 0.25) is 0 Å². The van der Waals surface area contributed by atoms with Crippen LogP contribution in [0.2, 0.25) is 5.15 Å². The van der Waals surface area contributed by atoms with Crippen LogP contribution in [0.5, 0.6) is 0 Å². The number of aromatic nitrogens is 2. The van der Waals surface area contributed by atoms with Crippen LogP contribution in [0.4, 0.5) is 0 Å². The van der Waals surface area contributed by atoms with Gasteiger partial charge in [0, 0.05) is 16.2 Å². The summed E-state index contributed by atoms with van der Waals surface area (Å²) in [6, 6.07) is 10.2. The topological polar surface area (TPSA) is 25.8 Å². The maximum atomic E-state index is 5.88. The molecule has 4 heteroatoms. The Labute approximate surface area is 103 Å². The molecule has 80 valence electrons. The van der Waals surface area contributed by atoms with Crippen LogP contribution < -0.4 is 0 Å². The van der Waals surface area contributed by atoms with Crippen LogP contribution in [-0.2, 0) is 6.42 Å². The summed E-state index contributed by atoms with van der Waals surface area (Å²) in [4.78, 5) is 1.28. The van der Waals surface area contributed by atoms with Gasteiger partial charge in [-0.05, 0) is 24.1 Å². The molecule has 2 nitrogen and oxygen atoms in total. The standard InChI is InChI=1S/C12H9ClN2S/c13-11-7-8-5-6-16-10-4-2-1-3-9(10)12(8)15-14-11/h1-4,7H,5-6H2. The van der Waals surface area contributed by atoms with Crippen molar-refractivity contribution in [2.24, 2.45) is 0 Å². The lowest BCUT2D eigenvalue weighted by atomic mass is 10.1. The number of rotatable bonds is 0. The summed E-state index contributed by atoms with van der Waals surface area (Å²) < 4.78 is 0. The minimum absolute atomic E-state index is 0.475. The van der Waals surface area contributed by atoms with Crippen LogP contribution >= 0.6 is 23.4 Å². The average Bonchev–Trinajstić information content (AvgIpc) is 2.47. The van der Waals surface area contributed by atoms with Crippen LogP contribution in [0.15, 0.2) is 35.2 Å². The Hall–Kier alpha value is -1.06. The lowest BCUT2D eigenvalue weighted by molar-refractivity contribution is 0.997. The average molecular weight is 249 g/mol. The molecule has 0 N–H and O–H groups in total. The second-order valence-corrected chi connectivity index (χ2v) is 5.16. The zero-order valence-corrected chi connectivity index (χ0v) is 10.1. The molecule has 0 saturated carbocycles. The molecule has 0 saturated heterocycles. The molecule has 1 aromatic carbocycles. The third kappa shape index (κ3) is 1.70. The molecule has 16 heavy (non-hydrogen) atoms. The Morgan fingerprint density at radius 1 is 1.19 bits per heavy atom. The van der Waals surface area contributed by atoms with Crippen molar-refractivity contribution in [2.45, 2.75) is 11.3 Å². The molecule has 0 amide bonds. The van der Waals surface area contributed by atoms with Crippen molar-refractivity contribution in [1.82, 2.24) is 10.2 Å². The highest BCUT2D eigenvalue weighted by Crippen LogP contribution is 2.36. The smallest absolute Gasteiger partial charge is 0.149 e. The first-order valence-electron chi connectivity index (χ1n) is 5.09. The summed E-state index contributed by atoms with van der Waals surface area (Å²) >= 11 is 7.74. The second kappa shape index (κ2) is 4.07. The summed E-state index contributed by atoms with van der Waals surface area (Å²) in [5.74, 6) is 1.06. The van der Waals surface area contributed by atoms with Crippen molar-refractivity contribution < 1.29 is 0 Å². The van der Waals surface area contributed by atoms with Crippen molar-refractivity contribution in [2.75, 3.05) is 5.75 Å². The number of thioether (sulfide) groups is 1. The highest BCUT2D eigenvalue weighted by Gasteiger charge is 2.16. The Bertz CT molecular complexity index is 542. The summed E-state index contributed by atoms with van der Waals surface area (Å²) in [5, 5.41) is 8.64. The van der Waals surface area contributed by atoms with Crippen LogP contribution in [0.3, 0.4) is 0 Å². The Morgan fingerprint density at radius 3 is 3.00 bits per heavy atom. The fourth-order valence-corrected chi connectivity index (χ4v) is 3.09. The summed E-state index contributed by atoms with van der Waals surface area (Å²) in [6.07, 6.45) is 0.990. The minimum atomic E-state index is 0.475. The van der Waals surface area contributed by atoms with Crippen molar-refractivity contribution in [3.8, 4) is 11.3 Å². The zero-order chi connectivity index (χ0) is 11.0. The first kappa shape index (κ1) is 10.1. The van der Waals surface area contributed by atoms with Gasteiger partial charge < -0.3 is 0 Å². The number of fused-ring (bicyclic) bond motifs is 3. The Balaban J connectivity index is 2.25. The fraction of sp³-hybridized carbons (Fsp3) is 0.167. The third-order valence-electron chi connectivity index (χ3n) is 2.61. The van der Waals surface area contributed by atoms with E-state index in [1.54, 1.807) is 0 Å². The van der Waals surface area contributed by atoms with E-state index < -0.39 is 0 Å². The molecule has 1 aliphatic heterocycles. The van der Waals surface area contributed by atoms with Crippen LogP contribution in [0.25, 0.3) is 11.3 Å². The van der Waals surface area contributed by atoms with Gasteiger partial charge in [-0.25, -0.2) is 0 Å². The van der Waals surface area contributed by atoms with Gasteiger partial charge in [0.25, 0.3) is 0 Å². The van der Waals surface area contributed by atoms with Crippen molar-refractivity contribution >= 4 is 23.4 Å². The number of nitrogens with zero attached hydrogens (tertiary/aromatic N) is 2. The third-order valence-corrected chi connectivity index (χ3v) is 3.87. The largest absolute Gasteiger partial charge is 0.152 e. The first-order chi connectivity index (χ1) is 7.84. The molecular formula is C12H9ClN2S. The molecule has 0 bridgehead atoms. The van der Waals surface area contributed by atoms with E-state index in [4.69, 9.17) is 11.6 Å². The molecule has 0 unspecified atom stereocenters. The molecule has 3 rings (SSSR count). The lowest BCUT2D eigenvalue weighted by Gasteiger charge is -2.06. The monoisotopic (exact) mass is 248 g/mol. The van der Waals surface area contributed by atoms with Crippen LogP contribution in [0.1, 0.15) is 5.56 Å². The molecule has 1 aromatic heterocycles.